The van der Waals surface area contributed by atoms with E-state index >= 15 is 0 Å². The zero-order chi connectivity index (χ0) is 12.0. The van der Waals surface area contributed by atoms with Gasteiger partial charge in [-0.15, -0.1) is 0 Å². The van der Waals surface area contributed by atoms with Gasteiger partial charge in [-0.05, 0) is 24.6 Å². The van der Waals surface area contributed by atoms with Crippen LogP contribution in [0.1, 0.15) is 30.1 Å². The van der Waals surface area contributed by atoms with Crippen molar-refractivity contribution in [3.05, 3.63) is 33.8 Å². The Balaban J connectivity index is 2.53. The fourth-order valence-corrected chi connectivity index (χ4v) is 1.72. The molecule has 88 valence electrons. The molecule has 0 saturated carbocycles. The van der Waals surface area contributed by atoms with Crippen LogP contribution < -0.4 is 0 Å². The van der Waals surface area contributed by atoms with Crippen LogP contribution in [0.15, 0.2) is 18.2 Å². The summed E-state index contributed by atoms with van der Waals surface area (Å²) in [4.78, 5) is 11.7. The standard InChI is InChI=1S/C12H14Cl2O2/c1-2-3-6-16-8-12(15)10-5-4-9(13)7-11(10)14/h4-5,7H,2-3,6,8H2,1H3. The van der Waals surface area contributed by atoms with Crippen LogP contribution in [0.5, 0.6) is 0 Å². The number of benzene rings is 1. The van der Waals surface area contributed by atoms with Crippen molar-refractivity contribution in [1.29, 1.82) is 0 Å². The Morgan fingerprint density at radius 3 is 2.75 bits per heavy atom. The lowest BCUT2D eigenvalue weighted by atomic mass is 10.1. The topological polar surface area (TPSA) is 26.3 Å². The SMILES string of the molecule is CCCCOCC(=O)c1ccc(Cl)cc1Cl. The second kappa shape index (κ2) is 6.89. The molecule has 0 aromatic heterocycles. The van der Waals surface area contributed by atoms with Crippen LogP contribution in [-0.4, -0.2) is 19.0 Å². The number of Topliss-reactive ketones (excluding diaryl/α,β-unsaturated/α-hetero) is 1. The maximum Gasteiger partial charge on any atom is 0.189 e. The zero-order valence-electron chi connectivity index (χ0n) is 9.13. The van der Waals surface area contributed by atoms with E-state index in [0.717, 1.165) is 12.8 Å². The van der Waals surface area contributed by atoms with Crippen molar-refractivity contribution in [2.75, 3.05) is 13.2 Å². The third-order valence-electron chi connectivity index (χ3n) is 2.11. The van der Waals surface area contributed by atoms with Crippen LogP contribution in [0.4, 0.5) is 0 Å². The molecular formula is C12H14Cl2O2. The number of unbranched alkanes of at least 4 members (excludes halogenated alkanes) is 1. The Morgan fingerprint density at radius 1 is 1.38 bits per heavy atom. The molecule has 16 heavy (non-hydrogen) atoms. The summed E-state index contributed by atoms with van der Waals surface area (Å²) < 4.78 is 5.23. The van der Waals surface area contributed by atoms with Crippen LogP contribution in [0, 0.1) is 0 Å². The fourth-order valence-electron chi connectivity index (χ4n) is 1.20. The van der Waals surface area contributed by atoms with E-state index in [4.69, 9.17) is 27.9 Å². The summed E-state index contributed by atoms with van der Waals surface area (Å²) >= 11 is 11.6. The van der Waals surface area contributed by atoms with Gasteiger partial charge in [0.1, 0.15) is 6.61 Å². The highest BCUT2D eigenvalue weighted by Gasteiger charge is 2.10. The van der Waals surface area contributed by atoms with Crippen molar-refractivity contribution in [3.63, 3.8) is 0 Å². The van der Waals surface area contributed by atoms with E-state index in [0.29, 0.717) is 22.2 Å². The minimum Gasteiger partial charge on any atom is -0.373 e. The number of ketones is 1. The molecule has 1 rings (SSSR count). The van der Waals surface area contributed by atoms with Gasteiger partial charge in [-0.1, -0.05) is 36.5 Å². The first-order valence-electron chi connectivity index (χ1n) is 5.21. The molecule has 0 fully saturated rings. The second-order valence-electron chi connectivity index (χ2n) is 3.45. The van der Waals surface area contributed by atoms with Crippen molar-refractivity contribution in [1.82, 2.24) is 0 Å². The van der Waals surface area contributed by atoms with Crippen LogP contribution in [-0.2, 0) is 4.74 Å². The van der Waals surface area contributed by atoms with Gasteiger partial charge >= 0.3 is 0 Å². The summed E-state index contributed by atoms with van der Waals surface area (Å²) in [5.41, 5.74) is 0.461. The number of carbonyl (C=O) groups is 1. The van der Waals surface area contributed by atoms with E-state index in [-0.39, 0.29) is 12.4 Å². The molecule has 0 saturated heterocycles. The molecule has 0 aliphatic carbocycles. The molecule has 0 spiro atoms. The van der Waals surface area contributed by atoms with E-state index < -0.39 is 0 Å². The molecule has 0 aliphatic rings. The maximum atomic E-state index is 11.7. The van der Waals surface area contributed by atoms with Gasteiger partial charge in [-0.3, -0.25) is 4.79 Å². The molecule has 0 bridgehead atoms. The van der Waals surface area contributed by atoms with Crippen LogP contribution in [0.3, 0.4) is 0 Å². The first kappa shape index (κ1) is 13.5. The molecule has 1 aromatic carbocycles. The van der Waals surface area contributed by atoms with E-state index in [1.54, 1.807) is 18.2 Å². The second-order valence-corrected chi connectivity index (χ2v) is 4.30. The van der Waals surface area contributed by atoms with E-state index in [1.807, 2.05) is 0 Å². The largest absolute Gasteiger partial charge is 0.373 e. The van der Waals surface area contributed by atoms with Crippen molar-refractivity contribution >= 4 is 29.0 Å². The van der Waals surface area contributed by atoms with Crippen LogP contribution in [0.25, 0.3) is 0 Å². The first-order chi connectivity index (χ1) is 7.65. The summed E-state index contributed by atoms with van der Waals surface area (Å²) in [7, 11) is 0. The Bertz CT molecular complexity index is 364. The first-order valence-corrected chi connectivity index (χ1v) is 5.96. The molecule has 0 N–H and O–H groups in total. The number of ether oxygens (including phenoxy) is 1. The maximum absolute atomic E-state index is 11.7. The monoisotopic (exact) mass is 260 g/mol. The number of halogens is 2. The minimum atomic E-state index is -0.113. The predicted molar refractivity (Wildman–Crippen MR) is 66.5 cm³/mol. The lowest BCUT2D eigenvalue weighted by Gasteiger charge is -2.05. The summed E-state index contributed by atoms with van der Waals surface area (Å²) in [6.45, 7) is 2.75. The Kier molecular flexibility index (Phi) is 5.81. The molecule has 0 atom stereocenters. The quantitative estimate of drug-likeness (QED) is 0.571. The number of rotatable bonds is 6. The number of hydrogen-bond donors (Lipinski definition) is 0. The Hall–Kier alpha value is -0.570. The summed E-state index contributed by atoms with van der Waals surface area (Å²) in [6, 6.07) is 4.82. The summed E-state index contributed by atoms with van der Waals surface area (Å²) in [6.07, 6.45) is 2.01. The summed E-state index contributed by atoms with van der Waals surface area (Å²) in [5, 5.41) is 0.894. The third-order valence-corrected chi connectivity index (χ3v) is 2.65. The molecule has 1 aromatic rings. The molecular weight excluding hydrogens is 247 g/mol. The minimum absolute atomic E-state index is 0.0708. The molecule has 0 amide bonds. The highest BCUT2D eigenvalue weighted by molar-refractivity contribution is 6.36. The average molecular weight is 261 g/mol. The van der Waals surface area contributed by atoms with Gasteiger partial charge < -0.3 is 4.74 Å². The van der Waals surface area contributed by atoms with Crippen molar-refractivity contribution < 1.29 is 9.53 Å². The fraction of sp³-hybridized carbons (Fsp3) is 0.417. The average Bonchev–Trinajstić information content (AvgIpc) is 2.24. The molecule has 2 nitrogen and oxygen atoms in total. The lowest BCUT2D eigenvalue weighted by Crippen LogP contribution is -2.10. The smallest absolute Gasteiger partial charge is 0.189 e. The molecule has 0 unspecified atom stereocenters. The zero-order valence-corrected chi connectivity index (χ0v) is 10.6. The van der Waals surface area contributed by atoms with Crippen LogP contribution in [0.2, 0.25) is 10.0 Å². The van der Waals surface area contributed by atoms with Crippen molar-refractivity contribution in [2.24, 2.45) is 0 Å². The van der Waals surface area contributed by atoms with Gasteiger partial charge in [0.25, 0.3) is 0 Å². The number of hydrogen-bond acceptors (Lipinski definition) is 2. The van der Waals surface area contributed by atoms with Crippen molar-refractivity contribution in [3.8, 4) is 0 Å². The highest BCUT2D eigenvalue weighted by atomic mass is 35.5. The summed E-state index contributed by atoms with van der Waals surface area (Å²) in [5.74, 6) is -0.113. The molecule has 0 aliphatic heterocycles. The Morgan fingerprint density at radius 2 is 2.12 bits per heavy atom. The van der Waals surface area contributed by atoms with Gasteiger partial charge in [0.2, 0.25) is 0 Å². The van der Waals surface area contributed by atoms with Gasteiger partial charge in [0.05, 0.1) is 5.02 Å². The highest BCUT2D eigenvalue weighted by Crippen LogP contribution is 2.21. The number of carbonyl (C=O) groups excluding carboxylic acids is 1. The van der Waals surface area contributed by atoms with Gasteiger partial charge in [0, 0.05) is 17.2 Å². The third kappa shape index (κ3) is 4.12. The predicted octanol–water partition coefficient (Wildman–Crippen LogP) is 3.99. The van der Waals surface area contributed by atoms with Gasteiger partial charge in [-0.25, -0.2) is 0 Å². The van der Waals surface area contributed by atoms with Gasteiger partial charge in [-0.2, -0.15) is 0 Å². The normalized spacial score (nSPS) is 10.4. The molecule has 0 heterocycles. The van der Waals surface area contributed by atoms with Crippen molar-refractivity contribution in [2.45, 2.75) is 19.8 Å². The van der Waals surface area contributed by atoms with E-state index in [9.17, 15) is 4.79 Å². The molecule has 0 radical (unpaired) electrons. The van der Waals surface area contributed by atoms with E-state index in [2.05, 4.69) is 6.92 Å². The van der Waals surface area contributed by atoms with Crippen LogP contribution >= 0.6 is 23.2 Å². The molecule has 4 heteroatoms. The Labute approximate surface area is 106 Å². The van der Waals surface area contributed by atoms with Gasteiger partial charge in [0.15, 0.2) is 5.78 Å². The van der Waals surface area contributed by atoms with E-state index in [1.165, 1.54) is 0 Å². The lowest BCUT2D eigenvalue weighted by molar-refractivity contribution is 0.0755.